The molecule has 0 aromatic rings. The molecule has 1 rings (SSSR count). The predicted molar refractivity (Wildman–Crippen MR) is 47.4 cm³/mol. The van der Waals surface area contributed by atoms with Gasteiger partial charge in [-0.15, -0.1) is 0 Å². The molecule has 0 bridgehead atoms. The largest absolute Gasteiger partial charge is 0.396 e. The maximum Gasteiger partial charge on any atom is 0.0487 e. The smallest absolute Gasteiger partial charge is 0.0487 e. The number of allylic oxidation sites excluding steroid dienone is 2. The third-order valence-corrected chi connectivity index (χ3v) is 2.76. The fraction of sp³-hybridized carbons (Fsp3) is 0.800. The third kappa shape index (κ3) is 1.84. The van der Waals surface area contributed by atoms with E-state index in [-0.39, 0.29) is 5.41 Å². The lowest BCUT2D eigenvalue weighted by Crippen LogP contribution is -2.15. The summed E-state index contributed by atoms with van der Waals surface area (Å²) in [5, 5.41) is 9.10. The first kappa shape index (κ1) is 8.79. The van der Waals surface area contributed by atoms with Crippen molar-refractivity contribution in [3.63, 3.8) is 0 Å². The highest BCUT2D eigenvalue weighted by molar-refractivity contribution is 5.16. The van der Waals surface area contributed by atoms with E-state index in [0.717, 1.165) is 12.8 Å². The first-order chi connectivity index (χ1) is 5.07. The van der Waals surface area contributed by atoms with Crippen LogP contribution < -0.4 is 0 Å². The van der Waals surface area contributed by atoms with E-state index in [1.54, 1.807) is 5.57 Å². The summed E-state index contributed by atoms with van der Waals surface area (Å²) in [6.07, 6.45) is 3.45. The molecule has 0 spiro atoms. The van der Waals surface area contributed by atoms with E-state index in [1.807, 2.05) is 0 Å². The van der Waals surface area contributed by atoms with E-state index >= 15 is 0 Å². The minimum absolute atomic E-state index is 0.187. The van der Waals surface area contributed by atoms with Gasteiger partial charge in [-0.05, 0) is 38.5 Å². The number of rotatable bonds is 1. The van der Waals surface area contributed by atoms with Gasteiger partial charge in [0, 0.05) is 6.61 Å². The van der Waals surface area contributed by atoms with Crippen molar-refractivity contribution in [3.8, 4) is 0 Å². The molecular formula is C10H18O. The Kier molecular flexibility index (Phi) is 2.38. The Morgan fingerprint density at radius 3 is 2.45 bits per heavy atom. The van der Waals surface area contributed by atoms with Gasteiger partial charge in [-0.3, -0.25) is 0 Å². The van der Waals surface area contributed by atoms with Gasteiger partial charge < -0.3 is 5.11 Å². The first-order valence-electron chi connectivity index (χ1n) is 4.33. The minimum Gasteiger partial charge on any atom is -0.396 e. The number of aliphatic hydroxyl groups is 1. The Bertz CT molecular complexity index is 177. The van der Waals surface area contributed by atoms with Crippen molar-refractivity contribution < 1.29 is 5.11 Å². The van der Waals surface area contributed by atoms with E-state index in [2.05, 4.69) is 20.8 Å². The van der Waals surface area contributed by atoms with Gasteiger partial charge in [0.2, 0.25) is 0 Å². The molecule has 0 radical (unpaired) electrons. The van der Waals surface area contributed by atoms with Gasteiger partial charge in [0.1, 0.15) is 0 Å². The van der Waals surface area contributed by atoms with Crippen molar-refractivity contribution >= 4 is 0 Å². The highest BCUT2D eigenvalue weighted by Gasteiger charge is 2.30. The maximum absolute atomic E-state index is 9.10. The Labute approximate surface area is 69.1 Å². The van der Waals surface area contributed by atoms with Gasteiger partial charge in [0.15, 0.2) is 0 Å². The molecule has 1 heteroatoms. The lowest BCUT2D eigenvalue weighted by molar-refractivity contribution is 0.151. The quantitative estimate of drug-likeness (QED) is 0.575. The van der Waals surface area contributed by atoms with Gasteiger partial charge in [-0.2, -0.15) is 0 Å². The standard InChI is InChI=1S/C10H18O/c1-8(2)9-4-5-10(3,6-9)7-11/h11H,4-7H2,1-3H3. The zero-order valence-electron chi connectivity index (χ0n) is 7.78. The van der Waals surface area contributed by atoms with Crippen molar-refractivity contribution in [1.82, 2.24) is 0 Å². The van der Waals surface area contributed by atoms with Gasteiger partial charge in [0.05, 0.1) is 0 Å². The van der Waals surface area contributed by atoms with E-state index in [9.17, 15) is 0 Å². The van der Waals surface area contributed by atoms with Crippen molar-refractivity contribution in [1.29, 1.82) is 0 Å². The summed E-state index contributed by atoms with van der Waals surface area (Å²) in [5.41, 5.74) is 3.19. The molecule has 0 heterocycles. The number of hydrogen-bond acceptors (Lipinski definition) is 1. The maximum atomic E-state index is 9.10. The normalized spacial score (nSPS) is 31.1. The van der Waals surface area contributed by atoms with Crippen molar-refractivity contribution in [2.24, 2.45) is 5.41 Å². The van der Waals surface area contributed by atoms with E-state index < -0.39 is 0 Å². The van der Waals surface area contributed by atoms with Crippen LogP contribution in [0.25, 0.3) is 0 Å². The molecule has 1 nitrogen and oxygen atoms in total. The van der Waals surface area contributed by atoms with Gasteiger partial charge >= 0.3 is 0 Å². The Morgan fingerprint density at radius 2 is 2.18 bits per heavy atom. The summed E-state index contributed by atoms with van der Waals surface area (Å²) in [6.45, 7) is 6.84. The molecular weight excluding hydrogens is 136 g/mol. The Balaban J connectivity index is 2.68. The lowest BCUT2D eigenvalue weighted by Gasteiger charge is -2.18. The topological polar surface area (TPSA) is 20.2 Å². The molecule has 1 unspecified atom stereocenters. The second kappa shape index (κ2) is 2.98. The molecule has 1 aliphatic rings. The van der Waals surface area contributed by atoms with Gasteiger partial charge in [-0.1, -0.05) is 18.1 Å². The van der Waals surface area contributed by atoms with E-state index in [1.165, 1.54) is 12.0 Å². The monoisotopic (exact) mass is 154 g/mol. The molecule has 0 amide bonds. The molecule has 0 aromatic carbocycles. The van der Waals surface area contributed by atoms with E-state index in [0.29, 0.717) is 6.61 Å². The highest BCUT2D eigenvalue weighted by Crippen LogP contribution is 2.41. The van der Waals surface area contributed by atoms with Crippen LogP contribution in [0.5, 0.6) is 0 Å². The van der Waals surface area contributed by atoms with Crippen LogP contribution >= 0.6 is 0 Å². The summed E-state index contributed by atoms with van der Waals surface area (Å²) in [4.78, 5) is 0. The zero-order chi connectivity index (χ0) is 8.48. The number of hydrogen-bond donors (Lipinski definition) is 1. The van der Waals surface area contributed by atoms with Crippen LogP contribution in [0.3, 0.4) is 0 Å². The number of aliphatic hydroxyl groups excluding tert-OH is 1. The molecule has 1 saturated carbocycles. The first-order valence-corrected chi connectivity index (χ1v) is 4.33. The van der Waals surface area contributed by atoms with Crippen LogP contribution in [-0.4, -0.2) is 11.7 Å². The molecule has 1 atom stereocenters. The second-order valence-corrected chi connectivity index (χ2v) is 4.25. The Hall–Kier alpha value is -0.300. The molecule has 11 heavy (non-hydrogen) atoms. The van der Waals surface area contributed by atoms with E-state index in [4.69, 9.17) is 5.11 Å². The van der Waals surface area contributed by atoms with Crippen molar-refractivity contribution in [3.05, 3.63) is 11.1 Å². The predicted octanol–water partition coefficient (Wildman–Crippen LogP) is 2.51. The average molecular weight is 154 g/mol. The molecule has 0 saturated heterocycles. The molecule has 0 aromatic heterocycles. The minimum atomic E-state index is 0.187. The summed E-state index contributed by atoms with van der Waals surface area (Å²) < 4.78 is 0. The average Bonchev–Trinajstić information content (AvgIpc) is 2.33. The van der Waals surface area contributed by atoms with Crippen LogP contribution in [-0.2, 0) is 0 Å². The highest BCUT2D eigenvalue weighted by atomic mass is 16.3. The second-order valence-electron chi connectivity index (χ2n) is 4.25. The fourth-order valence-electron chi connectivity index (χ4n) is 1.71. The SMILES string of the molecule is CC(C)=C1CCC(C)(CO)C1. The van der Waals surface area contributed by atoms with Gasteiger partial charge in [-0.25, -0.2) is 0 Å². The summed E-state index contributed by atoms with van der Waals surface area (Å²) >= 11 is 0. The summed E-state index contributed by atoms with van der Waals surface area (Å²) in [7, 11) is 0. The van der Waals surface area contributed by atoms with Crippen LogP contribution in [0, 0.1) is 5.41 Å². The summed E-state index contributed by atoms with van der Waals surface area (Å²) in [5.74, 6) is 0. The molecule has 0 aliphatic heterocycles. The molecule has 1 N–H and O–H groups in total. The van der Waals surface area contributed by atoms with Crippen LogP contribution in [0.15, 0.2) is 11.1 Å². The fourth-order valence-corrected chi connectivity index (χ4v) is 1.71. The summed E-state index contributed by atoms with van der Waals surface area (Å²) in [6, 6.07) is 0. The van der Waals surface area contributed by atoms with Crippen LogP contribution in [0.4, 0.5) is 0 Å². The molecule has 1 aliphatic carbocycles. The van der Waals surface area contributed by atoms with Crippen LogP contribution in [0.1, 0.15) is 40.0 Å². The Morgan fingerprint density at radius 1 is 1.55 bits per heavy atom. The molecule has 1 fully saturated rings. The van der Waals surface area contributed by atoms with Crippen molar-refractivity contribution in [2.75, 3.05) is 6.61 Å². The van der Waals surface area contributed by atoms with Gasteiger partial charge in [0.25, 0.3) is 0 Å². The lowest BCUT2D eigenvalue weighted by atomic mass is 9.89. The van der Waals surface area contributed by atoms with Crippen LogP contribution in [0.2, 0.25) is 0 Å². The zero-order valence-corrected chi connectivity index (χ0v) is 7.78. The third-order valence-electron chi connectivity index (χ3n) is 2.76. The van der Waals surface area contributed by atoms with Crippen molar-refractivity contribution in [2.45, 2.75) is 40.0 Å². The molecule has 64 valence electrons.